The van der Waals surface area contributed by atoms with Gasteiger partial charge in [-0.25, -0.2) is 10.2 Å². The van der Waals surface area contributed by atoms with Crippen molar-refractivity contribution in [2.24, 2.45) is 0 Å². The maximum Gasteiger partial charge on any atom is 0.338 e. The van der Waals surface area contributed by atoms with E-state index in [-0.39, 0.29) is 14.2 Å². The van der Waals surface area contributed by atoms with Crippen molar-refractivity contribution in [3.05, 3.63) is 80.9 Å². The lowest BCUT2D eigenvalue weighted by Crippen LogP contribution is -2.46. The second-order valence-corrected chi connectivity index (χ2v) is 9.06. The summed E-state index contributed by atoms with van der Waals surface area (Å²) in [6, 6.07) is 16.5. The second-order valence-electron chi connectivity index (χ2n) is 6.57. The van der Waals surface area contributed by atoms with E-state index in [0.29, 0.717) is 33.4 Å². The molecule has 1 saturated heterocycles. The minimum Gasteiger partial charge on any atom is -0.457 e. The molecule has 2 heterocycles. The van der Waals surface area contributed by atoms with Crippen molar-refractivity contribution in [3.63, 3.8) is 0 Å². The van der Waals surface area contributed by atoms with E-state index in [0.717, 1.165) is 16.8 Å². The number of urea groups is 1. The first-order valence-corrected chi connectivity index (χ1v) is 11.2. The molecule has 164 valence electrons. The molecule has 1 aliphatic heterocycles. The SMILES string of the molecule is N#Cc1ccccc1-c1ccc(/C=C2/SC(=S)N(NC(=O)Nc3ccc(Cl)c(Cl)c3)C2=O)o1. The van der Waals surface area contributed by atoms with Crippen LogP contribution in [0, 0.1) is 11.3 Å². The summed E-state index contributed by atoms with van der Waals surface area (Å²) in [5.74, 6) is 0.385. The predicted molar refractivity (Wildman–Crippen MR) is 132 cm³/mol. The van der Waals surface area contributed by atoms with Crippen LogP contribution in [0.2, 0.25) is 10.0 Å². The van der Waals surface area contributed by atoms with Crippen LogP contribution in [0.5, 0.6) is 0 Å². The van der Waals surface area contributed by atoms with Crippen LogP contribution in [0.15, 0.2) is 63.9 Å². The van der Waals surface area contributed by atoms with Gasteiger partial charge in [0.1, 0.15) is 11.5 Å². The Bertz CT molecular complexity index is 1360. The Morgan fingerprint density at radius 2 is 1.94 bits per heavy atom. The molecule has 0 aliphatic carbocycles. The normalized spacial score (nSPS) is 14.5. The number of rotatable bonds is 4. The van der Waals surface area contributed by atoms with Gasteiger partial charge < -0.3 is 9.73 Å². The van der Waals surface area contributed by atoms with Gasteiger partial charge >= 0.3 is 6.03 Å². The van der Waals surface area contributed by atoms with Crippen molar-refractivity contribution in [2.75, 3.05) is 5.32 Å². The number of nitrogens with zero attached hydrogens (tertiary/aromatic N) is 2. The number of nitrogens with one attached hydrogen (secondary N) is 2. The maximum atomic E-state index is 12.8. The number of hydrogen-bond donors (Lipinski definition) is 2. The van der Waals surface area contributed by atoms with E-state index in [2.05, 4.69) is 16.8 Å². The smallest absolute Gasteiger partial charge is 0.338 e. The number of thioether (sulfide) groups is 1. The van der Waals surface area contributed by atoms with Crippen LogP contribution in [0.4, 0.5) is 10.5 Å². The van der Waals surface area contributed by atoms with Crippen LogP contribution in [0.25, 0.3) is 17.4 Å². The van der Waals surface area contributed by atoms with Gasteiger partial charge in [0.2, 0.25) is 0 Å². The summed E-state index contributed by atoms with van der Waals surface area (Å²) in [6.45, 7) is 0. The Morgan fingerprint density at radius 1 is 1.15 bits per heavy atom. The topological polar surface area (TPSA) is 98.4 Å². The standard InChI is InChI=1S/C22H12Cl2N4O3S2/c23-16-7-5-13(9-17(16)24)26-21(30)27-28-20(29)19(33-22(28)32)10-14-6-8-18(31-14)15-4-2-1-3-12(15)11-25/h1-10H,(H2,26,27,30)/b19-10+. The Hall–Kier alpha value is -3.29. The van der Waals surface area contributed by atoms with Gasteiger partial charge in [0.25, 0.3) is 5.91 Å². The molecule has 33 heavy (non-hydrogen) atoms. The zero-order valence-corrected chi connectivity index (χ0v) is 19.6. The summed E-state index contributed by atoms with van der Waals surface area (Å²) in [4.78, 5) is 25.4. The number of benzene rings is 2. The molecule has 2 N–H and O–H groups in total. The fraction of sp³-hybridized carbons (Fsp3) is 0. The van der Waals surface area contributed by atoms with Crippen LogP contribution >= 0.6 is 47.2 Å². The highest BCUT2D eigenvalue weighted by atomic mass is 35.5. The number of nitriles is 1. The minimum absolute atomic E-state index is 0.150. The van der Waals surface area contributed by atoms with Crippen molar-refractivity contribution < 1.29 is 14.0 Å². The Balaban J connectivity index is 1.47. The fourth-order valence-electron chi connectivity index (χ4n) is 2.90. The summed E-state index contributed by atoms with van der Waals surface area (Å²) in [7, 11) is 0. The first kappa shape index (κ1) is 22.9. The van der Waals surface area contributed by atoms with Crippen LogP contribution in [-0.4, -0.2) is 21.3 Å². The summed E-state index contributed by atoms with van der Waals surface area (Å²) in [6.07, 6.45) is 1.52. The van der Waals surface area contributed by atoms with E-state index in [1.54, 1.807) is 42.5 Å². The molecule has 0 bridgehead atoms. The molecule has 3 aromatic rings. The third-order valence-corrected chi connectivity index (χ3v) is 6.44. The summed E-state index contributed by atoms with van der Waals surface area (Å²) >= 11 is 18.1. The Labute approximate surface area is 207 Å². The van der Waals surface area contributed by atoms with E-state index >= 15 is 0 Å². The number of carbonyl (C=O) groups is 2. The van der Waals surface area contributed by atoms with Gasteiger partial charge in [0, 0.05) is 17.3 Å². The lowest BCUT2D eigenvalue weighted by atomic mass is 10.1. The average Bonchev–Trinajstić information content (AvgIpc) is 3.36. The number of anilines is 1. The van der Waals surface area contributed by atoms with Crippen LogP contribution in [0.3, 0.4) is 0 Å². The third kappa shape index (κ3) is 5.05. The van der Waals surface area contributed by atoms with Crippen LogP contribution in [0.1, 0.15) is 11.3 Å². The molecule has 0 radical (unpaired) electrons. The van der Waals surface area contributed by atoms with Gasteiger partial charge in [-0.05, 0) is 54.7 Å². The lowest BCUT2D eigenvalue weighted by molar-refractivity contribution is -0.123. The number of hydrazine groups is 1. The van der Waals surface area contributed by atoms with Gasteiger partial charge in [-0.1, -0.05) is 47.1 Å². The van der Waals surface area contributed by atoms with E-state index in [4.69, 9.17) is 39.8 Å². The number of furan rings is 1. The predicted octanol–water partition coefficient (Wildman–Crippen LogP) is 6.06. The van der Waals surface area contributed by atoms with Crippen molar-refractivity contribution in [3.8, 4) is 17.4 Å². The quantitative estimate of drug-likeness (QED) is 0.324. The van der Waals surface area contributed by atoms with E-state index in [1.165, 1.54) is 18.2 Å². The molecule has 1 aromatic heterocycles. The molecule has 0 unspecified atom stereocenters. The van der Waals surface area contributed by atoms with Crippen molar-refractivity contribution >= 4 is 75.2 Å². The number of carbonyl (C=O) groups excluding carboxylic acids is 2. The number of thiocarbonyl (C=S) groups is 1. The van der Waals surface area contributed by atoms with E-state index in [9.17, 15) is 14.9 Å². The van der Waals surface area contributed by atoms with Gasteiger partial charge in [-0.2, -0.15) is 10.3 Å². The van der Waals surface area contributed by atoms with Gasteiger partial charge in [0.15, 0.2) is 4.32 Å². The highest BCUT2D eigenvalue weighted by Crippen LogP contribution is 2.33. The van der Waals surface area contributed by atoms with Crippen molar-refractivity contribution in [1.29, 1.82) is 5.26 Å². The molecule has 1 fully saturated rings. The molecule has 7 nitrogen and oxygen atoms in total. The molecule has 0 saturated carbocycles. The molecule has 0 spiro atoms. The fourth-order valence-corrected chi connectivity index (χ4v) is 4.36. The number of hydrogen-bond acceptors (Lipinski definition) is 6. The van der Waals surface area contributed by atoms with E-state index in [1.807, 2.05) is 0 Å². The molecule has 0 atom stereocenters. The molecule has 1 aliphatic rings. The molecule has 3 amide bonds. The Kier molecular flexibility index (Phi) is 6.72. The second kappa shape index (κ2) is 9.68. The summed E-state index contributed by atoms with van der Waals surface area (Å²) in [5.41, 5.74) is 3.92. The third-order valence-electron chi connectivity index (χ3n) is 4.40. The zero-order chi connectivity index (χ0) is 23.5. The van der Waals surface area contributed by atoms with Crippen molar-refractivity contribution in [1.82, 2.24) is 10.4 Å². The first-order valence-electron chi connectivity index (χ1n) is 9.25. The number of halogens is 2. The molecular weight excluding hydrogens is 503 g/mol. The molecule has 2 aromatic carbocycles. The number of amides is 3. The average molecular weight is 515 g/mol. The van der Waals surface area contributed by atoms with Crippen LogP contribution in [-0.2, 0) is 4.79 Å². The first-order chi connectivity index (χ1) is 15.9. The lowest BCUT2D eigenvalue weighted by Gasteiger charge is -2.16. The zero-order valence-electron chi connectivity index (χ0n) is 16.5. The minimum atomic E-state index is -0.681. The molecule has 4 rings (SSSR count). The summed E-state index contributed by atoms with van der Waals surface area (Å²) < 4.78 is 5.95. The monoisotopic (exact) mass is 514 g/mol. The highest BCUT2D eigenvalue weighted by molar-refractivity contribution is 8.26. The van der Waals surface area contributed by atoms with Crippen molar-refractivity contribution in [2.45, 2.75) is 0 Å². The highest BCUT2D eigenvalue weighted by Gasteiger charge is 2.34. The van der Waals surface area contributed by atoms with E-state index < -0.39 is 11.9 Å². The molecule has 11 heteroatoms. The maximum absolute atomic E-state index is 12.8. The van der Waals surface area contributed by atoms with Gasteiger partial charge in [-0.15, -0.1) is 0 Å². The largest absolute Gasteiger partial charge is 0.457 e. The van der Waals surface area contributed by atoms with Crippen LogP contribution < -0.4 is 10.7 Å². The Morgan fingerprint density at radius 3 is 2.70 bits per heavy atom. The van der Waals surface area contributed by atoms with Gasteiger partial charge in [0.05, 0.1) is 26.6 Å². The van der Waals surface area contributed by atoms with Gasteiger partial charge in [-0.3, -0.25) is 4.79 Å². The summed E-state index contributed by atoms with van der Waals surface area (Å²) in [5, 5.41) is 13.4. The molecular formula is C22H12Cl2N4O3S2.